The van der Waals surface area contributed by atoms with Crippen LogP contribution in [0.1, 0.15) is 50.2 Å². The van der Waals surface area contributed by atoms with E-state index in [1.165, 1.54) is 49.9 Å². The minimum absolute atomic E-state index is 0.0439. The van der Waals surface area contributed by atoms with E-state index in [9.17, 15) is 4.79 Å². The summed E-state index contributed by atoms with van der Waals surface area (Å²) in [5.74, 6) is 0.958. The van der Waals surface area contributed by atoms with E-state index in [2.05, 4.69) is 46.3 Å². The number of piperidine rings is 2. The third kappa shape index (κ3) is 3.96. The second kappa shape index (κ2) is 8.10. The van der Waals surface area contributed by atoms with E-state index >= 15 is 0 Å². The molecule has 0 bridgehead atoms. The average Bonchev–Trinajstić information content (AvgIpc) is 2.69. The van der Waals surface area contributed by atoms with Gasteiger partial charge in [0.05, 0.1) is 6.04 Å². The van der Waals surface area contributed by atoms with E-state index < -0.39 is 0 Å². The lowest BCUT2D eigenvalue weighted by Gasteiger charge is -2.40. The molecule has 4 nitrogen and oxygen atoms in total. The molecule has 3 unspecified atom stereocenters. The van der Waals surface area contributed by atoms with Gasteiger partial charge >= 0.3 is 0 Å². The maximum Gasteiger partial charge on any atom is 0.240 e. The van der Waals surface area contributed by atoms with Gasteiger partial charge < -0.3 is 15.1 Å². The van der Waals surface area contributed by atoms with Crippen LogP contribution in [0, 0.1) is 5.92 Å². The molecule has 0 aliphatic carbocycles. The lowest BCUT2D eigenvalue weighted by molar-refractivity contribution is -0.135. The molecule has 0 spiro atoms. The fourth-order valence-corrected chi connectivity index (χ4v) is 5.02. The molecule has 0 aromatic heterocycles. The molecular weight excluding hydrogens is 322 g/mol. The van der Waals surface area contributed by atoms with Gasteiger partial charge in [0.15, 0.2) is 0 Å². The fourth-order valence-electron chi connectivity index (χ4n) is 5.02. The number of amides is 1. The van der Waals surface area contributed by atoms with Crippen LogP contribution in [0.3, 0.4) is 0 Å². The van der Waals surface area contributed by atoms with E-state index in [0.717, 1.165) is 32.5 Å². The van der Waals surface area contributed by atoms with Crippen LogP contribution in [0.5, 0.6) is 0 Å². The molecule has 3 heterocycles. The first-order chi connectivity index (χ1) is 12.7. The molecule has 3 atom stereocenters. The van der Waals surface area contributed by atoms with Crippen molar-refractivity contribution in [2.45, 2.75) is 64.1 Å². The largest absolute Gasteiger partial charge is 0.341 e. The fraction of sp³-hybridized carbons (Fsp3) is 0.682. The normalized spacial score (nSPS) is 30.0. The Balaban J connectivity index is 1.35. The molecule has 4 rings (SSSR count). The van der Waals surface area contributed by atoms with E-state index in [-0.39, 0.29) is 6.04 Å². The lowest BCUT2D eigenvalue weighted by atomic mass is 9.92. The van der Waals surface area contributed by atoms with Gasteiger partial charge in [-0.15, -0.1) is 0 Å². The van der Waals surface area contributed by atoms with Gasteiger partial charge in [-0.2, -0.15) is 0 Å². The Bertz CT molecular complexity index is 632. The molecule has 0 radical (unpaired) electrons. The molecule has 3 aliphatic rings. The molecule has 1 aromatic carbocycles. The lowest BCUT2D eigenvalue weighted by Crippen LogP contribution is -2.53. The summed E-state index contributed by atoms with van der Waals surface area (Å²) in [6.07, 6.45) is 7.31. The van der Waals surface area contributed by atoms with Crippen LogP contribution >= 0.6 is 0 Å². The van der Waals surface area contributed by atoms with Crippen molar-refractivity contribution < 1.29 is 4.79 Å². The standard InChI is InChI=1S/C22H33N3O/c1-17-7-4-5-11-24(17)15-18-8-6-12-25(16-18)22(26)21-13-19-9-2-3-10-20(19)14-23-21/h2-3,9-10,17-18,21,23H,4-8,11-16H2,1H3. The van der Waals surface area contributed by atoms with Gasteiger partial charge in [-0.25, -0.2) is 0 Å². The molecule has 1 aromatic rings. The topological polar surface area (TPSA) is 35.6 Å². The van der Waals surface area contributed by atoms with E-state index in [4.69, 9.17) is 0 Å². The Morgan fingerprint density at radius 2 is 1.96 bits per heavy atom. The van der Waals surface area contributed by atoms with E-state index in [0.29, 0.717) is 17.9 Å². The zero-order valence-electron chi connectivity index (χ0n) is 16.1. The summed E-state index contributed by atoms with van der Waals surface area (Å²) in [4.78, 5) is 17.9. The van der Waals surface area contributed by atoms with Crippen LogP contribution in [0.4, 0.5) is 0 Å². The maximum atomic E-state index is 13.1. The Hall–Kier alpha value is -1.39. The Kier molecular flexibility index (Phi) is 5.60. The number of hydrogen-bond acceptors (Lipinski definition) is 3. The number of hydrogen-bond donors (Lipinski definition) is 1. The second-order valence-electron chi connectivity index (χ2n) is 8.54. The van der Waals surface area contributed by atoms with Gasteiger partial charge in [-0.3, -0.25) is 4.79 Å². The van der Waals surface area contributed by atoms with Crippen molar-refractivity contribution in [3.05, 3.63) is 35.4 Å². The predicted molar refractivity (Wildman–Crippen MR) is 105 cm³/mol. The maximum absolute atomic E-state index is 13.1. The first-order valence-electron chi connectivity index (χ1n) is 10.5. The molecule has 2 saturated heterocycles. The summed E-state index contributed by atoms with van der Waals surface area (Å²) in [6.45, 7) is 7.48. The summed E-state index contributed by atoms with van der Waals surface area (Å²) in [5, 5.41) is 3.47. The van der Waals surface area contributed by atoms with Crippen molar-refractivity contribution in [2.24, 2.45) is 5.92 Å². The highest BCUT2D eigenvalue weighted by atomic mass is 16.2. The van der Waals surface area contributed by atoms with E-state index in [1.54, 1.807) is 0 Å². The first kappa shape index (κ1) is 18.0. The highest BCUT2D eigenvalue weighted by Gasteiger charge is 2.32. The van der Waals surface area contributed by atoms with Crippen molar-refractivity contribution in [3.8, 4) is 0 Å². The smallest absolute Gasteiger partial charge is 0.240 e. The number of benzene rings is 1. The van der Waals surface area contributed by atoms with Gasteiger partial charge in [0, 0.05) is 32.2 Å². The molecule has 1 amide bonds. The van der Waals surface area contributed by atoms with Gasteiger partial charge in [0.1, 0.15) is 0 Å². The van der Waals surface area contributed by atoms with Crippen molar-refractivity contribution in [3.63, 3.8) is 0 Å². The molecule has 4 heteroatoms. The SMILES string of the molecule is CC1CCCCN1CC1CCCN(C(=O)C2Cc3ccccc3CN2)C1. The number of nitrogens with zero attached hydrogens (tertiary/aromatic N) is 2. The van der Waals surface area contributed by atoms with Crippen LogP contribution < -0.4 is 5.32 Å². The quantitative estimate of drug-likeness (QED) is 0.906. The number of nitrogens with one attached hydrogen (secondary N) is 1. The first-order valence-corrected chi connectivity index (χ1v) is 10.5. The van der Waals surface area contributed by atoms with Crippen molar-refractivity contribution >= 4 is 5.91 Å². The Morgan fingerprint density at radius 3 is 2.81 bits per heavy atom. The minimum Gasteiger partial charge on any atom is -0.341 e. The molecule has 0 saturated carbocycles. The second-order valence-corrected chi connectivity index (χ2v) is 8.54. The van der Waals surface area contributed by atoms with Crippen molar-refractivity contribution in [2.75, 3.05) is 26.2 Å². The number of carbonyl (C=O) groups excluding carboxylic acids is 1. The zero-order valence-corrected chi connectivity index (χ0v) is 16.1. The summed E-state index contributed by atoms with van der Waals surface area (Å²) < 4.78 is 0. The van der Waals surface area contributed by atoms with Crippen molar-refractivity contribution in [1.29, 1.82) is 0 Å². The predicted octanol–water partition coefficient (Wildman–Crippen LogP) is 2.81. The van der Waals surface area contributed by atoms with Crippen LogP contribution in [-0.2, 0) is 17.8 Å². The third-order valence-electron chi connectivity index (χ3n) is 6.64. The molecular formula is C22H33N3O. The summed E-state index contributed by atoms with van der Waals surface area (Å²) in [7, 11) is 0. The highest BCUT2D eigenvalue weighted by molar-refractivity contribution is 5.82. The molecule has 2 fully saturated rings. The van der Waals surface area contributed by atoms with Gasteiger partial charge in [0.25, 0.3) is 0 Å². The van der Waals surface area contributed by atoms with Crippen LogP contribution in [0.25, 0.3) is 0 Å². The van der Waals surface area contributed by atoms with Crippen molar-refractivity contribution in [1.82, 2.24) is 15.1 Å². The Labute approximate surface area is 157 Å². The van der Waals surface area contributed by atoms with Gasteiger partial charge in [-0.1, -0.05) is 30.7 Å². The minimum atomic E-state index is -0.0439. The van der Waals surface area contributed by atoms with Gasteiger partial charge in [-0.05, 0) is 62.6 Å². The van der Waals surface area contributed by atoms with Crippen LogP contribution in [0.15, 0.2) is 24.3 Å². The summed E-state index contributed by atoms with van der Waals surface area (Å²) >= 11 is 0. The number of likely N-dealkylation sites (tertiary alicyclic amines) is 2. The van der Waals surface area contributed by atoms with Crippen LogP contribution in [0.2, 0.25) is 0 Å². The van der Waals surface area contributed by atoms with E-state index in [1.807, 2.05) is 0 Å². The third-order valence-corrected chi connectivity index (χ3v) is 6.64. The van der Waals surface area contributed by atoms with Gasteiger partial charge in [0.2, 0.25) is 5.91 Å². The average molecular weight is 356 g/mol. The molecule has 26 heavy (non-hydrogen) atoms. The molecule has 1 N–H and O–H groups in total. The monoisotopic (exact) mass is 355 g/mol. The molecule has 142 valence electrons. The zero-order chi connectivity index (χ0) is 17.9. The number of carbonyl (C=O) groups is 1. The number of fused-ring (bicyclic) bond motifs is 1. The Morgan fingerprint density at radius 1 is 1.12 bits per heavy atom. The molecule has 3 aliphatic heterocycles. The summed E-state index contributed by atoms with van der Waals surface area (Å²) in [6, 6.07) is 9.18. The number of rotatable bonds is 3. The highest BCUT2D eigenvalue weighted by Crippen LogP contribution is 2.24. The summed E-state index contributed by atoms with van der Waals surface area (Å²) in [5.41, 5.74) is 2.67. The van der Waals surface area contributed by atoms with Crippen LogP contribution in [-0.4, -0.2) is 54.0 Å².